The summed E-state index contributed by atoms with van der Waals surface area (Å²) in [6.45, 7) is 0. The molecule has 2 nitrogen and oxygen atoms in total. The van der Waals surface area contributed by atoms with Crippen LogP contribution < -0.4 is 11.3 Å². The monoisotopic (exact) mass is 344 g/mol. The zero-order valence-corrected chi connectivity index (χ0v) is 11.9. The molecule has 0 spiro atoms. The molecule has 0 saturated heterocycles. The average molecular weight is 345 g/mol. The van der Waals surface area contributed by atoms with Crippen molar-refractivity contribution in [3.05, 3.63) is 69.4 Å². The lowest BCUT2D eigenvalue weighted by molar-refractivity contribution is 0.492. The van der Waals surface area contributed by atoms with Crippen LogP contribution in [-0.4, -0.2) is 0 Å². The van der Waals surface area contributed by atoms with Crippen LogP contribution >= 0.6 is 15.9 Å². The van der Waals surface area contributed by atoms with Crippen LogP contribution in [0.15, 0.2) is 40.9 Å². The third-order valence-corrected chi connectivity index (χ3v) is 3.46. The number of hydrazine groups is 1. The van der Waals surface area contributed by atoms with Crippen molar-refractivity contribution in [2.45, 2.75) is 12.5 Å². The SMILES string of the molecule is NNC(Cc1cc(Br)ccc1F)c1ccc(F)cc1F. The molecule has 0 aliphatic rings. The number of nitrogens with two attached hydrogens (primary N) is 1. The molecule has 3 N–H and O–H groups in total. The second-order valence-corrected chi connectivity index (χ2v) is 5.24. The lowest BCUT2D eigenvalue weighted by Crippen LogP contribution is -2.30. The maximum absolute atomic E-state index is 13.7. The Hall–Kier alpha value is -1.37. The molecule has 2 rings (SSSR count). The Labute approximate surface area is 122 Å². The van der Waals surface area contributed by atoms with Crippen LogP contribution in [0.1, 0.15) is 17.2 Å². The van der Waals surface area contributed by atoms with Gasteiger partial charge in [-0.05, 0) is 36.2 Å². The van der Waals surface area contributed by atoms with Gasteiger partial charge in [0.25, 0.3) is 0 Å². The van der Waals surface area contributed by atoms with Gasteiger partial charge in [0.1, 0.15) is 17.5 Å². The smallest absolute Gasteiger partial charge is 0.130 e. The molecule has 0 radical (unpaired) electrons. The van der Waals surface area contributed by atoms with E-state index in [-0.39, 0.29) is 12.0 Å². The van der Waals surface area contributed by atoms with Crippen LogP contribution in [0.2, 0.25) is 0 Å². The highest BCUT2D eigenvalue weighted by atomic mass is 79.9. The summed E-state index contributed by atoms with van der Waals surface area (Å²) in [4.78, 5) is 0. The van der Waals surface area contributed by atoms with Gasteiger partial charge in [0.2, 0.25) is 0 Å². The first kappa shape index (κ1) is 15.0. The van der Waals surface area contributed by atoms with E-state index >= 15 is 0 Å². The van der Waals surface area contributed by atoms with Crippen molar-refractivity contribution in [3.63, 3.8) is 0 Å². The van der Waals surface area contributed by atoms with Gasteiger partial charge in [-0.15, -0.1) is 0 Å². The first-order chi connectivity index (χ1) is 9.51. The Bertz CT molecular complexity index is 619. The molecular weight excluding hydrogens is 333 g/mol. The van der Waals surface area contributed by atoms with E-state index in [9.17, 15) is 13.2 Å². The van der Waals surface area contributed by atoms with Gasteiger partial charge in [0.05, 0.1) is 6.04 Å². The highest BCUT2D eigenvalue weighted by molar-refractivity contribution is 9.10. The summed E-state index contributed by atoms with van der Waals surface area (Å²) in [5.74, 6) is 3.61. The third-order valence-electron chi connectivity index (χ3n) is 2.97. The number of rotatable bonds is 4. The molecule has 0 saturated carbocycles. The number of nitrogens with one attached hydrogen (secondary N) is 1. The molecule has 1 atom stereocenters. The highest BCUT2D eigenvalue weighted by Gasteiger charge is 2.17. The molecule has 20 heavy (non-hydrogen) atoms. The van der Waals surface area contributed by atoms with Gasteiger partial charge in [-0.25, -0.2) is 13.2 Å². The van der Waals surface area contributed by atoms with Gasteiger partial charge < -0.3 is 0 Å². The topological polar surface area (TPSA) is 38.0 Å². The second-order valence-electron chi connectivity index (χ2n) is 4.32. The van der Waals surface area contributed by atoms with E-state index in [1.54, 1.807) is 12.1 Å². The standard InChI is InChI=1S/C14H12BrF3N2/c15-9-1-4-12(17)8(5-9)6-14(20-19)11-3-2-10(16)7-13(11)18/h1-5,7,14,20H,6,19H2. The average Bonchev–Trinajstić information content (AvgIpc) is 2.40. The first-order valence-corrected chi connectivity index (χ1v) is 6.65. The molecule has 0 aromatic heterocycles. The van der Waals surface area contributed by atoms with Crippen LogP contribution in [0.4, 0.5) is 13.2 Å². The minimum Gasteiger partial charge on any atom is -0.271 e. The van der Waals surface area contributed by atoms with Crippen molar-refractivity contribution < 1.29 is 13.2 Å². The van der Waals surface area contributed by atoms with Crippen LogP contribution in [0.3, 0.4) is 0 Å². The van der Waals surface area contributed by atoms with E-state index in [0.717, 1.165) is 12.1 Å². The van der Waals surface area contributed by atoms with Gasteiger partial charge in [-0.3, -0.25) is 11.3 Å². The molecule has 0 aliphatic carbocycles. The quantitative estimate of drug-likeness (QED) is 0.656. The zero-order chi connectivity index (χ0) is 14.7. The predicted octanol–water partition coefficient (Wildman–Crippen LogP) is 3.61. The molecule has 0 fully saturated rings. The van der Waals surface area contributed by atoms with Crippen molar-refractivity contribution in [1.29, 1.82) is 0 Å². The second kappa shape index (κ2) is 6.39. The fourth-order valence-electron chi connectivity index (χ4n) is 1.96. The van der Waals surface area contributed by atoms with E-state index < -0.39 is 23.5 Å². The minimum absolute atomic E-state index is 0.143. The maximum atomic E-state index is 13.7. The summed E-state index contributed by atoms with van der Waals surface area (Å²) in [7, 11) is 0. The Balaban J connectivity index is 2.31. The van der Waals surface area contributed by atoms with E-state index in [1.807, 2.05) is 0 Å². The Morgan fingerprint density at radius 3 is 2.45 bits per heavy atom. The number of benzene rings is 2. The summed E-state index contributed by atoms with van der Waals surface area (Å²) in [6, 6.07) is 7.04. The Morgan fingerprint density at radius 2 is 1.80 bits per heavy atom. The summed E-state index contributed by atoms with van der Waals surface area (Å²) >= 11 is 3.25. The Kier molecular flexibility index (Phi) is 4.80. The van der Waals surface area contributed by atoms with E-state index in [1.165, 1.54) is 12.1 Å². The number of halogens is 4. The molecule has 0 heterocycles. The fourth-order valence-corrected chi connectivity index (χ4v) is 2.37. The molecule has 2 aromatic rings. The van der Waals surface area contributed by atoms with Crippen molar-refractivity contribution in [2.75, 3.05) is 0 Å². The maximum Gasteiger partial charge on any atom is 0.130 e. The lowest BCUT2D eigenvalue weighted by Gasteiger charge is -2.17. The van der Waals surface area contributed by atoms with Crippen LogP contribution in [0.5, 0.6) is 0 Å². The van der Waals surface area contributed by atoms with Crippen molar-refractivity contribution in [1.82, 2.24) is 5.43 Å². The largest absolute Gasteiger partial charge is 0.271 e. The van der Waals surface area contributed by atoms with Gasteiger partial charge in [-0.1, -0.05) is 22.0 Å². The first-order valence-electron chi connectivity index (χ1n) is 5.86. The van der Waals surface area contributed by atoms with Crippen LogP contribution in [0, 0.1) is 17.5 Å². The van der Waals surface area contributed by atoms with Gasteiger partial charge in [-0.2, -0.15) is 0 Å². The number of hydrogen-bond donors (Lipinski definition) is 2. The minimum atomic E-state index is -0.719. The van der Waals surface area contributed by atoms with Crippen LogP contribution in [0.25, 0.3) is 0 Å². The van der Waals surface area contributed by atoms with Crippen molar-refractivity contribution >= 4 is 15.9 Å². The molecule has 0 bridgehead atoms. The van der Waals surface area contributed by atoms with Crippen LogP contribution in [-0.2, 0) is 6.42 Å². The summed E-state index contributed by atoms with van der Waals surface area (Å²) in [5.41, 5.74) is 3.00. The molecule has 6 heteroatoms. The van der Waals surface area contributed by atoms with Gasteiger partial charge in [0, 0.05) is 16.1 Å². The molecule has 106 valence electrons. The molecule has 1 unspecified atom stereocenters. The molecule has 0 aliphatic heterocycles. The normalized spacial score (nSPS) is 12.4. The fraction of sp³-hybridized carbons (Fsp3) is 0.143. The number of hydrogen-bond acceptors (Lipinski definition) is 2. The summed E-state index contributed by atoms with van der Waals surface area (Å²) in [6.07, 6.45) is 0.143. The lowest BCUT2D eigenvalue weighted by atomic mass is 9.98. The van der Waals surface area contributed by atoms with Crippen molar-refractivity contribution in [3.8, 4) is 0 Å². The third kappa shape index (κ3) is 3.39. The molecular formula is C14H12BrF3N2. The Morgan fingerprint density at radius 1 is 1.05 bits per heavy atom. The van der Waals surface area contributed by atoms with Gasteiger partial charge in [0.15, 0.2) is 0 Å². The van der Waals surface area contributed by atoms with Gasteiger partial charge >= 0.3 is 0 Å². The zero-order valence-electron chi connectivity index (χ0n) is 10.3. The van der Waals surface area contributed by atoms with E-state index in [4.69, 9.17) is 5.84 Å². The molecule has 2 aromatic carbocycles. The summed E-state index contributed by atoms with van der Waals surface area (Å²) in [5, 5.41) is 0. The van der Waals surface area contributed by atoms with E-state index in [0.29, 0.717) is 10.0 Å². The van der Waals surface area contributed by atoms with E-state index in [2.05, 4.69) is 21.4 Å². The summed E-state index contributed by atoms with van der Waals surface area (Å²) < 4.78 is 41.0. The highest BCUT2D eigenvalue weighted by Crippen LogP contribution is 2.24. The molecule has 0 amide bonds. The predicted molar refractivity (Wildman–Crippen MR) is 74.2 cm³/mol. The van der Waals surface area contributed by atoms with Crippen molar-refractivity contribution in [2.24, 2.45) is 5.84 Å².